The number of amides is 3. The minimum absolute atomic E-state index is 0.280. The summed E-state index contributed by atoms with van der Waals surface area (Å²) in [6, 6.07) is -3.15. The van der Waals surface area contributed by atoms with Crippen molar-refractivity contribution in [3.05, 3.63) is 0 Å². The number of nitrogens with one attached hydrogen (secondary N) is 3. The van der Waals surface area contributed by atoms with Crippen LogP contribution in [0.25, 0.3) is 0 Å². The fourth-order valence-corrected chi connectivity index (χ4v) is 2.74. The summed E-state index contributed by atoms with van der Waals surface area (Å²) < 4.78 is 0. The lowest BCUT2D eigenvalue weighted by atomic mass is 10.1. The van der Waals surface area contributed by atoms with Crippen LogP contribution in [0, 0.1) is 0 Å². The minimum atomic E-state index is -1.40. The van der Waals surface area contributed by atoms with Gasteiger partial charge in [-0.1, -0.05) is 6.42 Å². The zero-order chi connectivity index (χ0) is 24.5. The molecule has 0 aromatic heterocycles. The van der Waals surface area contributed by atoms with E-state index in [0.29, 0.717) is 38.8 Å². The zero-order valence-electron chi connectivity index (χ0n) is 18.2. The predicted molar refractivity (Wildman–Crippen MR) is 115 cm³/mol. The number of aliphatic carboxylic acids is 2. The summed E-state index contributed by atoms with van der Waals surface area (Å²) in [5, 5.41) is 24.8. The van der Waals surface area contributed by atoms with E-state index in [4.69, 9.17) is 27.4 Å². The Morgan fingerprint density at radius 1 is 0.750 bits per heavy atom. The second-order valence-corrected chi connectivity index (χ2v) is 7.35. The fourth-order valence-electron chi connectivity index (χ4n) is 2.74. The van der Waals surface area contributed by atoms with E-state index in [2.05, 4.69) is 16.0 Å². The third-order valence-corrected chi connectivity index (χ3v) is 4.59. The largest absolute Gasteiger partial charge is 0.481 e. The van der Waals surface area contributed by atoms with Crippen LogP contribution in [0.4, 0.5) is 0 Å². The van der Waals surface area contributed by atoms with Gasteiger partial charge in [0.05, 0.1) is 12.6 Å². The quantitative estimate of drug-likeness (QED) is 0.101. The average molecular weight is 461 g/mol. The number of hydrogen-bond donors (Lipinski definition) is 8. The van der Waals surface area contributed by atoms with Gasteiger partial charge in [-0.15, -0.1) is 0 Å². The molecule has 0 saturated carbocycles. The molecule has 0 bridgehead atoms. The van der Waals surface area contributed by atoms with Gasteiger partial charge in [-0.3, -0.25) is 19.2 Å². The number of hydrogen-bond acceptors (Lipinski definition) is 8. The fraction of sp³-hybridized carbons (Fsp3) is 0.737. The van der Waals surface area contributed by atoms with Crippen LogP contribution in [-0.2, 0) is 24.0 Å². The standard InChI is InChI=1S/C19H36N6O7/c20-9-3-1-5-12(22)17(29)25-13(6-2-4-10-21)18(30)23-11-15(26)24-14(19(31)32)7-8-16(27)28/h12-14H,1-11,20-22H2,(H,23,30)(H,24,26)(H,25,29)(H,27,28)(H,31,32)/t12-,13-,14-/m0/s1. The van der Waals surface area contributed by atoms with Gasteiger partial charge in [0.25, 0.3) is 0 Å². The molecule has 13 nitrogen and oxygen atoms in total. The Kier molecular flexibility index (Phi) is 15.4. The van der Waals surface area contributed by atoms with E-state index in [1.165, 1.54) is 0 Å². The molecule has 0 radical (unpaired) electrons. The Bertz CT molecular complexity index is 631. The SMILES string of the molecule is NCCCC[C@H](NC(=O)[C@@H](N)CCCCN)C(=O)NCC(=O)N[C@@H](CCC(=O)O)C(=O)O. The molecule has 0 aromatic carbocycles. The predicted octanol–water partition coefficient (Wildman–Crippen LogP) is -2.39. The number of carboxylic acids is 2. The van der Waals surface area contributed by atoms with Crippen LogP contribution in [-0.4, -0.2) is 77.6 Å². The molecule has 0 saturated heterocycles. The maximum atomic E-state index is 12.5. The normalized spacial score (nSPS) is 13.5. The Labute approximate surface area is 186 Å². The van der Waals surface area contributed by atoms with Crippen molar-refractivity contribution in [1.82, 2.24) is 16.0 Å². The van der Waals surface area contributed by atoms with E-state index >= 15 is 0 Å². The van der Waals surface area contributed by atoms with Crippen LogP contribution in [0.2, 0.25) is 0 Å². The number of rotatable bonds is 18. The molecular weight excluding hydrogens is 424 g/mol. The smallest absolute Gasteiger partial charge is 0.326 e. The molecule has 0 aromatic rings. The van der Waals surface area contributed by atoms with E-state index in [1.807, 2.05) is 0 Å². The molecular formula is C19H36N6O7. The number of nitrogens with two attached hydrogens (primary N) is 3. The Morgan fingerprint density at radius 2 is 1.34 bits per heavy atom. The lowest BCUT2D eigenvalue weighted by molar-refractivity contribution is -0.143. The van der Waals surface area contributed by atoms with Crippen molar-refractivity contribution in [1.29, 1.82) is 0 Å². The molecule has 0 unspecified atom stereocenters. The van der Waals surface area contributed by atoms with Crippen molar-refractivity contribution >= 4 is 29.7 Å². The van der Waals surface area contributed by atoms with Crippen molar-refractivity contribution < 1.29 is 34.2 Å². The van der Waals surface area contributed by atoms with Crippen molar-refractivity contribution in [2.45, 2.75) is 69.5 Å². The zero-order valence-corrected chi connectivity index (χ0v) is 18.2. The summed E-state index contributed by atoms with van der Waals surface area (Å²) >= 11 is 0. The Balaban J connectivity index is 4.80. The van der Waals surface area contributed by atoms with Crippen molar-refractivity contribution in [2.75, 3.05) is 19.6 Å². The summed E-state index contributed by atoms with van der Waals surface area (Å²) in [4.78, 5) is 58.6. The second-order valence-electron chi connectivity index (χ2n) is 7.35. The summed E-state index contributed by atoms with van der Waals surface area (Å²) in [7, 11) is 0. The molecule has 0 aliphatic rings. The van der Waals surface area contributed by atoms with E-state index in [0.717, 1.165) is 6.42 Å². The van der Waals surface area contributed by atoms with E-state index in [9.17, 15) is 24.0 Å². The topological polar surface area (TPSA) is 240 Å². The van der Waals surface area contributed by atoms with Crippen LogP contribution >= 0.6 is 0 Å². The molecule has 184 valence electrons. The first-order valence-corrected chi connectivity index (χ1v) is 10.6. The molecule has 0 fully saturated rings. The summed E-state index contributed by atoms with van der Waals surface area (Å²) in [5.41, 5.74) is 16.7. The molecule has 13 heteroatoms. The van der Waals surface area contributed by atoms with E-state index in [-0.39, 0.29) is 12.8 Å². The summed E-state index contributed by atoms with van der Waals surface area (Å²) in [6.07, 6.45) is 2.53. The minimum Gasteiger partial charge on any atom is -0.481 e. The number of carbonyl (C=O) groups excluding carboxylic acids is 3. The molecule has 0 spiro atoms. The van der Waals surface area contributed by atoms with E-state index in [1.54, 1.807) is 0 Å². The first kappa shape index (κ1) is 29.2. The highest BCUT2D eigenvalue weighted by Crippen LogP contribution is 2.04. The van der Waals surface area contributed by atoms with Crippen LogP contribution in [0.15, 0.2) is 0 Å². The Morgan fingerprint density at radius 3 is 1.88 bits per heavy atom. The van der Waals surface area contributed by atoms with E-state index < -0.39 is 60.8 Å². The monoisotopic (exact) mass is 460 g/mol. The molecule has 32 heavy (non-hydrogen) atoms. The summed E-state index contributed by atoms with van der Waals surface area (Å²) in [5.74, 6) is -4.52. The second kappa shape index (κ2) is 16.9. The first-order chi connectivity index (χ1) is 15.1. The highest BCUT2D eigenvalue weighted by molar-refractivity contribution is 5.92. The lowest BCUT2D eigenvalue weighted by Gasteiger charge is -2.21. The molecule has 0 aliphatic heterocycles. The van der Waals surface area contributed by atoms with Gasteiger partial charge in [0.2, 0.25) is 17.7 Å². The molecule has 0 heterocycles. The highest BCUT2D eigenvalue weighted by Gasteiger charge is 2.25. The summed E-state index contributed by atoms with van der Waals surface area (Å²) in [6.45, 7) is 0.358. The molecule has 0 rings (SSSR count). The van der Waals surface area contributed by atoms with Crippen LogP contribution in [0.3, 0.4) is 0 Å². The first-order valence-electron chi connectivity index (χ1n) is 10.6. The maximum absolute atomic E-state index is 12.5. The van der Waals surface area contributed by atoms with Crippen LogP contribution < -0.4 is 33.2 Å². The maximum Gasteiger partial charge on any atom is 0.326 e. The van der Waals surface area contributed by atoms with Crippen LogP contribution in [0.1, 0.15) is 51.4 Å². The van der Waals surface area contributed by atoms with Gasteiger partial charge < -0.3 is 43.4 Å². The Hall–Kier alpha value is -2.77. The highest BCUT2D eigenvalue weighted by atomic mass is 16.4. The number of carboxylic acid groups (broad SMARTS) is 2. The third-order valence-electron chi connectivity index (χ3n) is 4.59. The molecule has 11 N–H and O–H groups in total. The number of unbranched alkanes of at least 4 members (excludes halogenated alkanes) is 2. The van der Waals surface area contributed by atoms with Gasteiger partial charge >= 0.3 is 11.9 Å². The van der Waals surface area contributed by atoms with Gasteiger partial charge in [0.15, 0.2) is 0 Å². The average Bonchev–Trinajstić information content (AvgIpc) is 2.73. The van der Waals surface area contributed by atoms with Crippen molar-refractivity contribution in [3.8, 4) is 0 Å². The third kappa shape index (κ3) is 13.5. The van der Waals surface area contributed by atoms with Crippen LogP contribution in [0.5, 0.6) is 0 Å². The van der Waals surface area contributed by atoms with Gasteiger partial charge in [-0.25, -0.2) is 4.79 Å². The van der Waals surface area contributed by atoms with Crippen molar-refractivity contribution in [3.63, 3.8) is 0 Å². The van der Waals surface area contributed by atoms with Crippen molar-refractivity contribution in [2.24, 2.45) is 17.2 Å². The van der Waals surface area contributed by atoms with Gasteiger partial charge in [-0.2, -0.15) is 0 Å². The van der Waals surface area contributed by atoms with Gasteiger partial charge in [0.1, 0.15) is 12.1 Å². The number of carbonyl (C=O) groups is 5. The van der Waals surface area contributed by atoms with Gasteiger partial charge in [0, 0.05) is 6.42 Å². The molecule has 0 aliphatic carbocycles. The lowest BCUT2D eigenvalue weighted by Crippen LogP contribution is -2.53. The molecule has 3 atom stereocenters. The molecule has 3 amide bonds. The van der Waals surface area contributed by atoms with Gasteiger partial charge in [-0.05, 0) is 51.6 Å².